The Morgan fingerprint density at radius 1 is 1.11 bits per heavy atom. The summed E-state index contributed by atoms with van der Waals surface area (Å²) in [6, 6.07) is 11.1. The van der Waals surface area contributed by atoms with E-state index >= 15 is 0 Å². The molecule has 0 saturated heterocycles. The molecule has 0 aliphatic carbocycles. The number of rotatable bonds is 5. The minimum Gasteiger partial charge on any atom is -0.264 e. The van der Waals surface area contributed by atoms with Gasteiger partial charge in [0.05, 0.1) is 5.75 Å². The average molecular weight is 276 g/mol. The number of sulfonamides is 1. The van der Waals surface area contributed by atoms with Crippen molar-refractivity contribution in [2.45, 2.75) is 19.2 Å². The Kier molecular flexibility index (Phi) is 4.29. The number of aromatic nitrogens is 1. The predicted octanol–water partition coefficient (Wildman–Crippen LogP) is 2.01. The lowest BCUT2D eigenvalue weighted by atomic mass is 10.2. The lowest BCUT2D eigenvalue weighted by Crippen LogP contribution is -2.24. The van der Waals surface area contributed by atoms with Gasteiger partial charge in [-0.25, -0.2) is 13.1 Å². The fraction of sp³-hybridized carbons (Fsp3) is 0.214. The Bertz CT molecular complexity index is 622. The van der Waals surface area contributed by atoms with E-state index in [-0.39, 0.29) is 12.3 Å². The zero-order valence-corrected chi connectivity index (χ0v) is 11.5. The third-order valence-corrected chi connectivity index (χ3v) is 3.99. The van der Waals surface area contributed by atoms with Crippen LogP contribution in [-0.4, -0.2) is 13.4 Å². The maximum atomic E-state index is 11.9. The first-order valence-electron chi connectivity index (χ1n) is 5.97. The summed E-state index contributed by atoms with van der Waals surface area (Å²) in [4.78, 5) is 3.94. The molecule has 0 unspecified atom stereocenters. The summed E-state index contributed by atoms with van der Waals surface area (Å²) >= 11 is 0. The van der Waals surface area contributed by atoms with Crippen molar-refractivity contribution in [3.05, 3.63) is 65.5 Å². The molecule has 2 rings (SSSR count). The van der Waals surface area contributed by atoms with Gasteiger partial charge in [0.25, 0.3) is 0 Å². The second kappa shape index (κ2) is 5.95. The summed E-state index contributed by atoms with van der Waals surface area (Å²) in [6.07, 6.45) is 3.30. The molecule has 0 spiro atoms. The molecule has 1 heterocycles. The molecular weight excluding hydrogens is 260 g/mol. The van der Waals surface area contributed by atoms with Crippen LogP contribution in [0.3, 0.4) is 0 Å². The number of hydrogen-bond acceptors (Lipinski definition) is 3. The molecule has 0 saturated carbocycles. The van der Waals surface area contributed by atoms with E-state index in [1.54, 1.807) is 18.5 Å². The molecule has 0 amide bonds. The van der Waals surface area contributed by atoms with Crippen molar-refractivity contribution < 1.29 is 8.42 Å². The minimum absolute atomic E-state index is 0.00641. The van der Waals surface area contributed by atoms with Crippen LogP contribution >= 0.6 is 0 Å². The molecule has 4 nitrogen and oxygen atoms in total. The number of hydrogen-bond donors (Lipinski definition) is 1. The van der Waals surface area contributed by atoms with E-state index in [4.69, 9.17) is 0 Å². The SMILES string of the molecule is Cc1ccc(CS(=O)(=O)NCc2cccnc2)cc1. The summed E-state index contributed by atoms with van der Waals surface area (Å²) < 4.78 is 26.4. The van der Waals surface area contributed by atoms with Gasteiger partial charge < -0.3 is 0 Å². The maximum Gasteiger partial charge on any atom is 0.216 e. The van der Waals surface area contributed by atoms with Crippen molar-refractivity contribution in [3.63, 3.8) is 0 Å². The summed E-state index contributed by atoms with van der Waals surface area (Å²) in [6.45, 7) is 2.24. The number of pyridine rings is 1. The number of benzene rings is 1. The van der Waals surface area contributed by atoms with Gasteiger partial charge in [-0.1, -0.05) is 35.9 Å². The van der Waals surface area contributed by atoms with Gasteiger partial charge in [-0.3, -0.25) is 4.98 Å². The highest BCUT2D eigenvalue weighted by Crippen LogP contribution is 2.07. The zero-order chi connectivity index (χ0) is 13.7. The molecule has 1 N–H and O–H groups in total. The molecule has 0 fully saturated rings. The molecule has 0 atom stereocenters. The van der Waals surface area contributed by atoms with Gasteiger partial charge >= 0.3 is 0 Å². The van der Waals surface area contributed by atoms with Gasteiger partial charge in [0.1, 0.15) is 0 Å². The Balaban J connectivity index is 1.97. The molecule has 0 aliphatic rings. The quantitative estimate of drug-likeness (QED) is 0.908. The normalized spacial score (nSPS) is 11.4. The number of nitrogens with one attached hydrogen (secondary N) is 1. The molecular formula is C14H16N2O2S. The molecule has 2 aromatic rings. The summed E-state index contributed by atoms with van der Waals surface area (Å²) in [5, 5.41) is 0. The van der Waals surface area contributed by atoms with Crippen LogP contribution in [0.15, 0.2) is 48.8 Å². The van der Waals surface area contributed by atoms with E-state index in [9.17, 15) is 8.42 Å². The van der Waals surface area contributed by atoms with Gasteiger partial charge in [-0.15, -0.1) is 0 Å². The molecule has 100 valence electrons. The third-order valence-electron chi connectivity index (χ3n) is 2.70. The van der Waals surface area contributed by atoms with E-state index in [2.05, 4.69) is 9.71 Å². The fourth-order valence-electron chi connectivity index (χ4n) is 1.65. The maximum absolute atomic E-state index is 11.9. The zero-order valence-electron chi connectivity index (χ0n) is 10.7. The van der Waals surface area contributed by atoms with Crippen molar-refractivity contribution in [1.82, 2.24) is 9.71 Å². The van der Waals surface area contributed by atoms with Crippen LogP contribution in [0, 0.1) is 6.92 Å². The van der Waals surface area contributed by atoms with Crippen molar-refractivity contribution in [1.29, 1.82) is 0 Å². The Morgan fingerprint density at radius 3 is 2.47 bits per heavy atom. The largest absolute Gasteiger partial charge is 0.264 e. The van der Waals surface area contributed by atoms with E-state index in [1.807, 2.05) is 37.3 Å². The molecule has 5 heteroatoms. The first kappa shape index (κ1) is 13.7. The molecule has 1 aromatic heterocycles. The van der Waals surface area contributed by atoms with Gasteiger partial charge in [0.15, 0.2) is 0 Å². The van der Waals surface area contributed by atoms with Gasteiger partial charge in [0, 0.05) is 18.9 Å². The number of nitrogens with zero attached hydrogens (tertiary/aromatic N) is 1. The van der Waals surface area contributed by atoms with Crippen LogP contribution in [0.4, 0.5) is 0 Å². The standard InChI is InChI=1S/C14H16N2O2S/c1-12-4-6-13(7-5-12)11-19(17,18)16-10-14-3-2-8-15-9-14/h2-9,16H,10-11H2,1H3. The van der Waals surface area contributed by atoms with Crippen LogP contribution in [0.1, 0.15) is 16.7 Å². The third kappa shape index (κ3) is 4.46. The van der Waals surface area contributed by atoms with Gasteiger partial charge in [-0.2, -0.15) is 0 Å². The van der Waals surface area contributed by atoms with Gasteiger partial charge in [0.2, 0.25) is 10.0 Å². The van der Waals surface area contributed by atoms with Crippen molar-refractivity contribution >= 4 is 10.0 Å². The van der Waals surface area contributed by atoms with E-state index in [1.165, 1.54) is 0 Å². The first-order chi connectivity index (χ1) is 9.05. The van der Waals surface area contributed by atoms with Crippen LogP contribution in [-0.2, 0) is 22.3 Å². The van der Waals surface area contributed by atoms with Crippen molar-refractivity contribution in [2.24, 2.45) is 0 Å². The van der Waals surface area contributed by atoms with Crippen LogP contribution in [0.25, 0.3) is 0 Å². The lowest BCUT2D eigenvalue weighted by Gasteiger charge is -2.07. The smallest absolute Gasteiger partial charge is 0.216 e. The fourth-order valence-corrected chi connectivity index (χ4v) is 2.77. The van der Waals surface area contributed by atoms with E-state index in [0.717, 1.165) is 16.7 Å². The second-order valence-corrected chi connectivity index (χ2v) is 6.23. The number of aryl methyl sites for hydroxylation is 1. The highest BCUT2D eigenvalue weighted by molar-refractivity contribution is 7.88. The van der Waals surface area contributed by atoms with Crippen molar-refractivity contribution in [3.8, 4) is 0 Å². The Morgan fingerprint density at radius 2 is 1.84 bits per heavy atom. The van der Waals surface area contributed by atoms with Crippen molar-refractivity contribution in [2.75, 3.05) is 0 Å². The molecule has 19 heavy (non-hydrogen) atoms. The van der Waals surface area contributed by atoms with Crippen LogP contribution < -0.4 is 4.72 Å². The Labute approximate surface area is 113 Å². The highest BCUT2D eigenvalue weighted by Gasteiger charge is 2.11. The molecule has 1 aromatic carbocycles. The first-order valence-corrected chi connectivity index (χ1v) is 7.62. The summed E-state index contributed by atoms with van der Waals surface area (Å²) in [7, 11) is -3.32. The molecule has 0 aliphatic heterocycles. The Hall–Kier alpha value is -1.72. The summed E-state index contributed by atoms with van der Waals surface area (Å²) in [5.74, 6) is -0.00641. The minimum atomic E-state index is -3.32. The van der Waals surface area contributed by atoms with E-state index < -0.39 is 10.0 Å². The van der Waals surface area contributed by atoms with E-state index in [0.29, 0.717) is 0 Å². The monoisotopic (exact) mass is 276 g/mol. The topological polar surface area (TPSA) is 59.1 Å². The molecule has 0 bridgehead atoms. The summed E-state index contributed by atoms with van der Waals surface area (Å²) in [5.41, 5.74) is 2.74. The lowest BCUT2D eigenvalue weighted by molar-refractivity contribution is 0.580. The van der Waals surface area contributed by atoms with Crippen LogP contribution in [0.5, 0.6) is 0 Å². The van der Waals surface area contributed by atoms with Crippen LogP contribution in [0.2, 0.25) is 0 Å². The predicted molar refractivity (Wildman–Crippen MR) is 74.9 cm³/mol. The second-order valence-electron chi connectivity index (χ2n) is 4.43. The van der Waals surface area contributed by atoms with Gasteiger partial charge in [-0.05, 0) is 24.1 Å². The highest BCUT2D eigenvalue weighted by atomic mass is 32.2. The average Bonchev–Trinajstić information content (AvgIpc) is 2.40. The molecule has 0 radical (unpaired) electrons.